The predicted octanol–water partition coefficient (Wildman–Crippen LogP) is 2.25. The van der Waals surface area contributed by atoms with Crippen molar-refractivity contribution >= 4 is 17.7 Å². The Balaban J connectivity index is 2.21. The van der Waals surface area contributed by atoms with E-state index < -0.39 is 29.8 Å². The lowest BCUT2D eigenvalue weighted by Crippen LogP contribution is -2.44. The molecule has 23 heavy (non-hydrogen) atoms. The first-order valence-corrected chi connectivity index (χ1v) is 7.39. The van der Waals surface area contributed by atoms with Crippen LogP contribution in [0.15, 0.2) is 29.3 Å². The minimum atomic E-state index is -0.869. The summed E-state index contributed by atoms with van der Waals surface area (Å²) in [6, 6.07) is 4.54. The minimum absolute atomic E-state index is 0.0917. The maximum absolute atomic E-state index is 14.1. The number of benzene rings is 1. The number of nitrogens with one attached hydrogen (secondary N) is 1. The smallest absolute Gasteiger partial charge is 0.341 e. The van der Waals surface area contributed by atoms with Crippen molar-refractivity contribution in [1.29, 1.82) is 0 Å². The molecule has 0 spiro atoms. The van der Waals surface area contributed by atoms with Gasteiger partial charge in [0.2, 0.25) is 0 Å². The number of carbonyl (C=O) groups excluding carboxylic acids is 2. The largest absolute Gasteiger partial charge is 0.463 e. The van der Waals surface area contributed by atoms with E-state index in [1.165, 1.54) is 12.1 Å². The van der Waals surface area contributed by atoms with Crippen molar-refractivity contribution in [3.8, 4) is 0 Å². The predicted molar refractivity (Wildman–Crippen MR) is 81.7 cm³/mol. The van der Waals surface area contributed by atoms with Crippen LogP contribution < -0.4 is 5.32 Å². The summed E-state index contributed by atoms with van der Waals surface area (Å²) < 4.78 is 24.3. The maximum Gasteiger partial charge on any atom is 0.341 e. The molecule has 0 fully saturated rings. The Bertz CT molecular complexity index is 618. The third-order valence-electron chi connectivity index (χ3n) is 3.51. The highest BCUT2D eigenvalue weighted by Gasteiger charge is 2.39. The van der Waals surface area contributed by atoms with Crippen LogP contribution in [0.25, 0.3) is 0 Å². The van der Waals surface area contributed by atoms with Crippen molar-refractivity contribution in [3.05, 3.63) is 35.6 Å². The second-order valence-electron chi connectivity index (χ2n) is 5.04. The molecule has 1 aliphatic rings. The van der Waals surface area contributed by atoms with Gasteiger partial charge in [-0.25, -0.2) is 14.2 Å². The maximum atomic E-state index is 14.1. The first-order valence-electron chi connectivity index (χ1n) is 7.39. The van der Waals surface area contributed by atoms with E-state index in [0.717, 1.165) is 0 Å². The summed E-state index contributed by atoms with van der Waals surface area (Å²) in [5.41, 5.74) is 0.519. The standard InChI is InChI=1S/C16H19FN2O4/c1-3-22-8-9-23-15(20)13-10(2)18-16(21)19-14(13)11-6-4-5-7-12(11)17/h4-7,13-14H,3,8-9H2,1-2H3,(H,19,21). The number of nitrogens with zero attached hydrogens (tertiary/aromatic N) is 1. The van der Waals surface area contributed by atoms with Gasteiger partial charge in [0, 0.05) is 17.9 Å². The molecule has 0 aromatic heterocycles. The van der Waals surface area contributed by atoms with Crippen LogP contribution in [0.1, 0.15) is 25.5 Å². The van der Waals surface area contributed by atoms with Crippen molar-refractivity contribution in [2.75, 3.05) is 19.8 Å². The minimum Gasteiger partial charge on any atom is -0.463 e. The molecule has 2 rings (SSSR count). The number of carbonyl (C=O) groups is 2. The van der Waals surface area contributed by atoms with Gasteiger partial charge in [-0.15, -0.1) is 0 Å². The van der Waals surface area contributed by atoms with E-state index in [1.54, 1.807) is 19.1 Å². The number of amides is 2. The third kappa shape index (κ3) is 4.13. The lowest BCUT2D eigenvalue weighted by atomic mass is 9.88. The topological polar surface area (TPSA) is 77.0 Å². The average Bonchev–Trinajstić information content (AvgIpc) is 2.51. The summed E-state index contributed by atoms with van der Waals surface area (Å²) >= 11 is 0. The first kappa shape index (κ1) is 17.1. The molecule has 124 valence electrons. The van der Waals surface area contributed by atoms with Crippen LogP contribution in [-0.2, 0) is 14.3 Å². The molecular weight excluding hydrogens is 303 g/mol. The van der Waals surface area contributed by atoms with Gasteiger partial charge < -0.3 is 14.8 Å². The molecule has 2 amide bonds. The molecule has 1 aromatic rings. The molecular formula is C16H19FN2O4. The second kappa shape index (κ2) is 7.82. The molecule has 6 nitrogen and oxygen atoms in total. The summed E-state index contributed by atoms with van der Waals surface area (Å²) in [5, 5.41) is 2.54. The third-order valence-corrected chi connectivity index (χ3v) is 3.51. The summed E-state index contributed by atoms with van der Waals surface area (Å²) in [5.74, 6) is -1.94. The van der Waals surface area contributed by atoms with Gasteiger partial charge in [0.05, 0.1) is 12.6 Å². The van der Waals surface area contributed by atoms with Gasteiger partial charge in [-0.05, 0) is 19.9 Å². The number of urea groups is 1. The van der Waals surface area contributed by atoms with Crippen molar-refractivity contribution in [2.24, 2.45) is 10.9 Å². The Morgan fingerprint density at radius 3 is 2.78 bits per heavy atom. The number of esters is 1. The lowest BCUT2D eigenvalue weighted by Gasteiger charge is -2.29. The van der Waals surface area contributed by atoms with Crippen LogP contribution in [0.4, 0.5) is 9.18 Å². The molecule has 1 heterocycles. The highest BCUT2D eigenvalue weighted by molar-refractivity contribution is 6.08. The summed E-state index contributed by atoms with van der Waals surface area (Å²) in [6.07, 6.45) is 0. The fraction of sp³-hybridized carbons (Fsp3) is 0.438. The molecule has 0 saturated heterocycles. The molecule has 1 aliphatic heterocycles. The van der Waals surface area contributed by atoms with Crippen LogP contribution in [0.5, 0.6) is 0 Å². The molecule has 2 atom stereocenters. The van der Waals surface area contributed by atoms with E-state index >= 15 is 0 Å². The summed E-state index contributed by atoms with van der Waals surface area (Å²) in [4.78, 5) is 27.7. The Hall–Kier alpha value is -2.28. The number of aliphatic imine (C=N–C) groups is 1. The van der Waals surface area contributed by atoms with Gasteiger partial charge in [0.1, 0.15) is 18.3 Å². The molecule has 0 saturated carbocycles. The highest BCUT2D eigenvalue weighted by Crippen LogP contribution is 2.29. The SMILES string of the molecule is CCOCCOC(=O)C1C(C)=NC(=O)NC1c1ccccc1F. The van der Waals surface area contributed by atoms with Crippen LogP contribution >= 0.6 is 0 Å². The average molecular weight is 322 g/mol. The van der Waals surface area contributed by atoms with Crippen molar-refractivity contribution in [1.82, 2.24) is 5.32 Å². The molecule has 7 heteroatoms. The van der Waals surface area contributed by atoms with Crippen molar-refractivity contribution in [2.45, 2.75) is 19.9 Å². The van der Waals surface area contributed by atoms with Crippen LogP contribution in [0, 0.1) is 11.7 Å². The Kier molecular flexibility index (Phi) is 5.81. The fourth-order valence-electron chi connectivity index (χ4n) is 2.45. The molecule has 2 unspecified atom stereocenters. The fourth-order valence-corrected chi connectivity index (χ4v) is 2.45. The molecule has 0 bridgehead atoms. The van der Waals surface area contributed by atoms with Crippen LogP contribution in [0.3, 0.4) is 0 Å². The van der Waals surface area contributed by atoms with E-state index in [2.05, 4.69) is 10.3 Å². The van der Waals surface area contributed by atoms with Gasteiger partial charge in [-0.2, -0.15) is 0 Å². The van der Waals surface area contributed by atoms with Gasteiger partial charge in [0.15, 0.2) is 0 Å². The molecule has 1 N–H and O–H groups in total. The van der Waals surface area contributed by atoms with Crippen LogP contribution in [-0.4, -0.2) is 37.5 Å². The zero-order valence-corrected chi connectivity index (χ0v) is 13.0. The zero-order chi connectivity index (χ0) is 16.8. The normalized spacial score (nSPS) is 20.7. The van der Waals surface area contributed by atoms with Gasteiger partial charge in [0.25, 0.3) is 0 Å². The first-order chi connectivity index (χ1) is 11.0. The van der Waals surface area contributed by atoms with E-state index in [9.17, 15) is 14.0 Å². The number of hydrogen-bond donors (Lipinski definition) is 1. The second-order valence-corrected chi connectivity index (χ2v) is 5.04. The van der Waals surface area contributed by atoms with Crippen molar-refractivity contribution in [3.63, 3.8) is 0 Å². The van der Waals surface area contributed by atoms with E-state index in [1.807, 2.05) is 6.92 Å². The quantitative estimate of drug-likeness (QED) is 0.644. The Morgan fingerprint density at radius 1 is 1.35 bits per heavy atom. The Labute approximate surface area is 133 Å². The van der Waals surface area contributed by atoms with Gasteiger partial charge >= 0.3 is 12.0 Å². The van der Waals surface area contributed by atoms with Gasteiger partial charge in [-0.3, -0.25) is 4.79 Å². The van der Waals surface area contributed by atoms with Crippen LogP contribution in [0.2, 0.25) is 0 Å². The number of rotatable bonds is 6. The number of halogens is 1. The number of ether oxygens (including phenoxy) is 2. The monoisotopic (exact) mass is 322 g/mol. The Morgan fingerprint density at radius 2 is 2.09 bits per heavy atom. The zero-order valence-electron chi connectivity index (χ0n) is 13.0. The molecule has 1 aromatic carbocycles. The van der Waals surface area contributed by atoms with E-state index in [-0.39, 0.29) is 18.8 Å². The summed E-state index contributed by atoms with van der Waals surface area (Å²) in [7, 11) is 0. The van der Waals surface area contributed by atoms with E-state index in [0.29, 0.717) is 12.3 Å². The number of hydrogen-bond acceptors (Lipinski definition) is 4. The highest BCUT2D eigenvalue weighted by atomic mass is 19.1. The summed E-state index contributed by atoms with van der Waals surface area (Å²) in [6.45, 7) is 4.29. The molecule has 0 radical (unpaired) electrons. The van der Waals surface area contributed by atoms with Crippen molar-refractivity contribution < 1.29 is 23.5 Å². The molecule has 0 aliphatic carbocycles. The van der Waals surface area contributed by atoms with E-state index in [4.69, 9.17) is 9.47 Å². The van der Waals surface area contributed by atoms with Gasteiger partial charge in [-0.1, -0.05) is 18.2 Å². The lowest BCUT2D eigenvalue weighted by molar-refractivity contribution is -0.148.